The van der Waals surface area contributed by atoms with E-state index in [1.807, 2.05) is 13.8 Å². The molecule has 0 aliphatic rings. The van der Waals surface area contributed by atoms with Crippen LogP contribution in [0.15, 0.2) is 24.3 Å². The van der Waals surface area contributed by atoms with E-state index >= 15 is 0 Å². The van der Waals surface area contributed by atoms with Crippen molar-refractivity contribution in [2.24, 2.45) is 0 Å². The molecule has 1 aromatic carbocycles. The Morgan fingerprint density at radius 3 is 2.14 bits per heavy atom. The maximum Gasteiger partial charge on any atom is 0.416 e. The SMILES string of the molecule is CC(=O)N(CCNC(=O)c1ccc(C(F)(F)F)cc1)C(C)C. The Balaban J connectivity index is 2.57. The lowest BCUT2D eigenvalue weighted by Crippen LogP contribution is -2.41. The second-order valence-electron chi connectivity index (χ2n) is 5.14. The van der Waals surface area contributed by atoms with Gasteiger partial charge in [0.05, 0.1) is 5.56 Å². The van der Waals surface area contributed by atoms with Gasteiger partial charge in [-0.15, -0.1) is 0 Å². The zero-order chi connectivity index (χ0) is 16.9. The monoisotopic (exact) mass is 316 g/mol. The summed E-state index contributed by atoms with van der Waals surface area (Å²) in [6, 6.07) is 4.00. The molecule has 2 amide bonds. The summed E-state index contributed by atoms with van der Waals surface area (Å²) in [7, 11) is 0. The number of halogens is 3. The summed E-state index contributed by atoms with van der Waals surface area (Å²) in [5.74, 6) is -0.570. The molecule has 0 bridgehead atoms. The van der Waals surface area contributed by atoms with E-state index in [1.165, 1.54) is 6.92 Å². The zero-order valence-corrected chi connectivity index (χ0v) is 12.7. The molecular weight excluding hydrogens is 297 g/mol. The number of benzene rings is 1. The summed E-state index contributed by atoms with van der Waals surface area (Å²) in [5, 5.41) is 2.58. The summed E-state index contributed by atoms with van der Waals surface area (Å²) in [4.78, 5) is 24.8. The molecule has 4 nitrogen and oxygen atoms in total. The summed E-state index contributed by atoms with van der Waals surface area (Å²) in [6.07, 6.45) is -4.42. The van der Waals surface area contributed by atoms with Gasteiger partial charge in [0.25, 0.3) is 5.91 Å². The quantitative estimate of drug-likeness (QED) is 0.908. The second kappa shape index (κ2) is 7.29. The Morgan fingerprint density at radius 2 is 1.73 bits per heavy atom. The van der Waals surface area contributed by atoms with Crippen LogP contribution in [0.5, 0.6) is 0 Å². The predicted octanol–water partition coefficient (Wildman–Crippen LogP) is 2.69. The van der Waals surface area contributed by atoms with E-state index < -0.39 is 17.6 Å². The predicted molar refractivity (Wildman–Crippen MR) is 76.3 cm³/mol. The highest BCUT2D eigenvalue weighted by Crippen LogP contribution is 2.28. The number of nitrogens with zero attached hydrogens (tertiary/aromatic N) is 1. The average Bonchev–Trinajstić information content (AvgIpc) is 2.41. The van der Waals surface area contributed by atoms with E-state index in [4.69, 9.17) is 0 Å². The number of rotatable bonds is 5. The number of amides is 2. The summed E-state index contributed by atoms with van der Waals surface area (Å²) in [5.41, 5.74) is -0.654. The first-order chi connectivity index (χ1) is 10.1. The standard InChI is InChI=1S/C15H19F3N2O2/c1-10(2)20(11(3)21)9-8-19-14(22)12-4-6-13(7-5-12)15(16,17)18/h4-7,10H,8-9H2,1-3H3,(H,19,22). The van der Waals surface area contributed by atoms with Gasteiger partial charge in [0.1, 0.15) is 0 Å². The third-order valence-electron chi connectivity index (χ3n) is 3.14. The third-order valence-corrected chi connectivity index (χ3v) is 3.14. The molecule has 0 fully saturated rings. The second-order valence-corrected chi connectivity index (χ2v) is 5.14. The molecule has 122 valence electrons. The number of carbonyl (C=O) groups is 2. The molecule has 22 heavy (non-hydrogen) atoms. The number of hydrogen-bond acceptors (Lipinski definition) is 2. The first-order valence-corrected chi connectivity index (χ1v) is 6.85. The molecule has 1 rings (SSSR count). The highest BCUT2D eigenvalue weighted by Gasteiger charge is 2.30. The van der Waals surface area contributed by atoms with E-state index in [0.717, 1.165) is 24.3 Å². The van der Waals surface area contributed by atoms with E-state index in [1.54, 1.807) is 4.90 Å². The Kier molecular flexibility index (Phi) is 5.96. The lowest BCUT2D eigenvalue weighted by Gasteiger charge is -2.25. The fraction of sp³-hybridized carbons (Fsp3) is 0.467. The van der Waals surface area contributed by atoms with Crippen molar-refractivity contribution >= 4 is 11.8 Å². The maximum atomic E-state index is 12.4. The molecule has 7 heteroatoms. The van der Waals surface area contributed by atoms with E-state index in [9.17, 15) is 22.8 Å². The van der Waals surface area contributed by atoms with Gasteiger partial charge < -0.3 is 10.2 Å². The molecule has 0 saturated heterocycles. The average molecular weight is 316 g/mol. The van der Waals surface area contributed by atoms with Crippen molar-refractivity contribution in [3.8, 4) is 0 Å². The molecule has 0 heterocycles. The largest absolute Gasteiger partial charge is 0.416 e. The van der Waals surface area contributed by atoms with Crippen molar-refractivity contribution in [1.29, 1.82) is 0 Å². The number of carbonyl (C=O) groups excluding carboxylic acids is 2. The summed E-state index contributed by atoms with van der Waals surface area (Å²) in [6.45, 7) is 5.74. The van der Waals surface area contributed by atoms with Crippen LogP contribution >= 0.6 is 0 Å². The van der Waals surface area contributed by atoms with Crippen LogP contribution in [0.1, 0.15) is 36.7 Å². The van der Waals surface area contributed by atoms with Gasteiger partial charge in [0, 0.05) is 31.6 Å². The Morgan fingerprint density at radius 1 is 1.18 bits per heavy atom. The molecular formula is C15H19F3N2O2. The lowest BCUT2D eigenvalue weighted by molar-refractivity contribution is -0.137. The molecule has 0 aliphatic carbocycles. The highest BCUT2D eigenvalue weighted by atomic mass is 19.4. The van der Waals surface area contributed by atoms with Crippen LogP contribution in [0.2, 0.25) is 0 Å². The van der Waals surface area contributed by atoms with E-state index in [2.05, 4.69) is 5.32 Å². The van der Waals surface area contributed by atoms with Crippen LogP contribution < -0.4 is 5.32 Å². The van der Waals surface area contributed by atoms with Crippen LogP contribution in [0.3, 0.4) is 0 Å². The Bertz CT molecular complexity index is 525. The molecule has 0 radical (unpaired) electrons. The molecule has 0 aliphatic heterocycles. The summed E-state index contributed by atoms with van der Waals surface area (Å²) >= 11 is 0. The molecule has 0 spiro atoms. The van der Waals surface area contributed by atoms with Crippen molar-refractivity contribution in [3.05, 3.63) is 35.4 Å². The van der Waals surface area contributed by atoms with Gasteiger partial charge in [-0.05, 0) is 38.1 Å². The van der Waals surface area contributed by atoms with Crippen molar-refractivity contribution in [2.75, 3.05) is 13.1 Å². The Hall–Kier alpha value is -2.05. The first kappa shape index (κ1) is 18.0. The van der Waals surface area contributed by atoms with Gasteiger partial charge in [0.2, 0.25) is 5.91 Å². The van der Waals surface area contributed by atoms with E-state index in [-0.39, 0.29) is 24.1 Å². The zero-order valence-electron chi connectivity index (χ0n) is 12.7. The van der Waals surface area contributed by atoms with Crippen LogP contribution in [0.25, 0.3) is 0 Å². The molecule has 0 saturated carbocycles. The molecule has 0 unspecified atom stereocenters. The minimum atomic E-state index is -4.42. The fourth-order valence-electron chi connectivity index (χ4n) is 1.98. The van der Waals surface area contributed by atoms with Crippen molar-refractivity contribution in [3.63, 3.8) is 0 Å². The molecule has 0 aromatic heterocycles. The molecule has 0 atom stereocenters. The van der Waals surface area contributed by atoms with Crippen LogP contribution in [-0.2, 0) is 11.0 Å². The van der Waals surface area contributed by atoms with Crippen molar-refractivity contribution in [2.45, 2.75) is 33.0 Å². The number of nitrogens with one attached hydrogen (secondary N) is 1. The topological polar surface area (TPSA) is 49.4 Å². The van der Waals surface area contributed by atoms with E-state index in [0.29, 0.717) is 6.54 Å². The smallest absolute Gasteiger partial charge is 0.350 e. The molecule has 1 aromatic rings. The van der Waals surface area contributed by atoms with Gasteiger partial charge in [-0.25, -0.2) is 0 Å². The van der Waals surface area contributed by atoms with Crippen LogP contribution in [0, 0.1) is 0 Å². The highest BCUT2D eigenvalue weighted by molar-refractivity contribution is 5.94. The fourth-order valence-corrected chi connectivity index (χ4v) is 1.98. The number of hydrogen-bond donors (Lipinski definition) is 1. The van der Waals surface area contributed by atoms with Crippen LogP contribution in [-0.4, -0.2) is 35.8 Å². The number of alkyl halides is 3. The molecule has 1 N–H and O–H groups in total. The maximum absolute atomic E-state index is 12.4. The third kappa shape index (κ3) is 5.05. The van der Waals surface area contributed by atoms with Crippen molar-refractivity contribution < 1.29 is 22.8 Å². The van der Waals surface area contributed by atoms with Gasteiger partial charge in [-0.2, -0.15) is 13.2 Å². The normalized spacial score (nSPS) is 11.4. The van der Waals surface area contributed by atoms with Crippen LogP contribution in [0.4, 0.5) is 13.2 Å². The lowest BCUT2D eigenvalue weighted by atomic mass is 10.1. The van der Waals surface area contributed by atoms with Gasteiger partial charge in [0.15, 0.2) is 0 Å². The minimum absolute atomic E-state index is 0.0143. The van der Waals surface area contributed by atoms with Gasteiger partial charge in [-0.1, -0.05) is 0 Å². The van der Waals surface area contributed by atoms with Gasteiger partial charge in [-0.3, -0.25) is 9.59 Å². The first-order valence-electron chi connectivity index (χ1n) is 6.85. The summed E-state index contributed by atoms with van der Waals surface area (Å²) < 4.78 is 37.3. The van der Waals surface area contributed by atoms with Gasteiger partial charge >= 0.3 is 6.18 Å². The van der Waals surface area contributed by atoms with Crippen molar-refractivity contribution in [1.82, 2.24) is 10.2 Å². The minimum Gasteiger partial charge on any atom is -0.350 e. The Labute approximate surface area is 127 Å².